The number of Topliss-reactive ketones (excluding diaryl/α,β-unsaturated/α-hetero) is 1. The molecule has 1 heterocycles. The number of rotatable bonds is 3. The Morgan fingerprint density at radius 2 is 1.94 bits per heavy atom. The zero-order chi connectivity index (χ0) is 13.2. The molecule has 0 bridgehead atoms. The maximum atomic E-state index is 12.1. The SMILES string of the molecule is CCC(=O)[C@@H]1C[C@@]2(CN1CC)C(Cl)(Cl)C21CCC1. The predicted molar refractivity (Wildman–Crippen MR) is 74.1 cm³/mol. The Kier molecular flexibility index (Phi) is 2.83. The van der Waals surface area contributed by atoms with Crippen molar-refractivity contribution in [2.24, 2.45) is 10.8 Å². The van der Waals surface area contributed by atoms with E-state index in [9.17, 15) is 4.79 Å². The van der Waals surface area contributed by atoms with Crippen molar-refractivity contribution < 1.29 is 4.79 Å². The second-order valence-corrected chi connectivity index (χ2v) is 7.52. The van der Waals surface area contributed by atoms with Gasteiger partial charge in [0.05, 0.1) is 6.04 Å². The average molecular weight is 290 g/mol. The van der Waals surface area contributed by atoms with Gasteiger partial charge in [0, 0.05) is 23.8 Å². The number of hydrogen-bond donors (Lipinski definition) is 0. The molecular formula is C14H21Cl2NO. The van der Waals surface area contributed by atoms with E-state index in [4.69, 9.17) is 23.2 Å². The molecule has 0 N–H and O–H groups in total. The number of alkyl halides is 2. The third-order valence-corrected chi connectivity index (χ3v) is 7.29. The Hall–Kier alpha value is 0.210. The smallest absolute Gasteiger partial charge is 0.149 e. The van der Waals surface area contributed by atoms with E-state index < -0.39 is 4.33 Å². The van der Waals surface area contributed by atoms with Crippen LogP contribution in [-0.4, -0.2) is 34.1 Å². The first kappa shape index (κ1) is 13.2. The minimum Gasteiger partial charge on any atom is -0.298 e. The Morgan fingerprint density at radius 3 is 2.33 bits per heavy atom. The third-order valence-electron chi connectivity index (χ3n) is 5.84. The lowest BCUT2D eigenvalue weighted by molar-refractivity contribution is -0.123. The van der Waals surface area contributed by atoms with Gasteiger partial charge in [0.25, 0.3) is 0 Å². The van der Waals surface area contributed by atoms with Gasteiger partial charge in [0.1, 0.15) is 10.1 Å². The number of carbonyl (C=O) groups excluding carboxylic acids is 1. The zero-order valence-corrected chi connectivity index (χ0v) is 12.7. The van der Waals surface area contributed by atoms with Gasteiger partial charge in [-0.15, -0.1) is 23.2 Å². The molecule has 1 saturated heterocycles. The molecule has 2 spiro atoms. The fourth-order valence-electron chi connectivity index (χ4n) is 4.50. The van der Waals surface area contributed by atoms with Crippen LogP contribution in [0.4, 0.5) is 0 Å². The number of hydrogen-bond acceptors (Lipinski definition) is 2. The van der Waals surface area contributed by atoms with E-state index in [1.165, 1.54) is 6.42 Å². The topological polar surface area (TPSA) is 20.3 Å². The van der Waals surface area contributed by atoms with E-state index in [1.54, 1.807) is 0 Å². The highest BCUT2D eigenvalue weighted by atomic mass is 35.5. The number of fused-ring (bicyclic) bond motifs is 1. The van der Waals surface area contributed by atoms with Crippen LogP contribution in [0.1, 0.15) is 46.0 Å². The van der Waals surface area contributed by atoms with Gasteiger partial charge in [-0.2, -0.15) is 0 Å². The van der Waals surface area contributed by atoms with Crippen LogP contribution in [0.2, 0.25) is 0 Å². The molecule has 2 atom stereocenters. The molecule has 0 amide bonds. The van der Waals surface area contributed by atoms with Crippen LogP contribution in [0.15, 0.2) is 0 Å². The molecule has 0 aromatic carbocycles. The van der Waals surface area contributed by atoms with Crippen LogP contribution in [-0.2, 0) is 4.79 Å². The molecule has 2 nitrogen and oxygen atoms in total. The summed E-state index contributed by atoms with van der Waals surface area (Å²) in [6.45, 7) is 5.89. The number of carbonyl (C=O) groups is 1. The average Bonchev–Trinajstić information content (AvgIpc) is 2.60. The van der Waals surface area contributed by atoms with Gasteiger partial charge in [-0.05, 0) is 25.8 Å². The van der Waals surface area contributed by atoms with Gasteiger partial charge in [0.2, 0.25) is 0 Å². The molecule has 0 aromatic rings. The largest absolute Gasteiger partial charge is 0.298 e. The van der Waals surface area contributed by atoms with E-state index in [2.05, 4.69) is 11.8 Å². The molecule has 3 rings (SSSR count). The van der Waals surface area contributed by atoms with Crippen molar-refractivity contribution in [2.45, 2.75) is 56.3 Å². The molecule has 4 heteroatoms. The predicted octanol–water partition coefficient (Wildman–Crippen LogP) is 3.40. The van der Waals surface area contributed by atoms with E-state index in [0.717, 1.165) is 32.4 Å². The molecule has 3 fully saturated rings. The molecule has 3 aliphatic rings. The van der Waals surface area contributed by atoms with Crippen molar-refractivity contribution in [1.82, 2.24) is 4.90 Å². The zero-order valence-electron chi connectivity index (χ0n) is 11.1. The summed E-state index contributed by atoms with van der Waals surface area (Å²) >= 11 is 13.3. The van der Waals surface area contributed by atoms with Crippen molar-refractivity contribution >= 4 is 29.0 Å². The Bertz CT molecular complexity index is 391. The third kappa shape index (κ3) is 1.23. The van der Waals surface area contributed by atoms with Crippen LogP contribution >= 0.6 is 23.2 Å². The molecule has 18 heavy (non-hydrogen) atoms. The van der Waals surface area contributed by atoms with Crippen molar-refractivity contribution in [3.05, 3.63) is 0 Å². The highest BCUT2D eigenvalue weighted by molar-refractivity contribution is 6.52. The molecular weight excluding hydrogens is 269 g/mol. The molecule has 0 aromatic heterocycles. The number of ketones is 1. The van der Waals surface area contributed by atoms with Gasteiger partial charge in [-0.1, -0.05) is 20.3 Å². The Morgan fingerprint density at radius 1 is 1.28 bits per heavy atom. The minimum atomic E-state index is -0.589. The first-order valence-electron chi connectivity index (χ1n) is 7.10. The fourth-order valence-corrected chi connectivity index (χ4v) is 5.79. The van der Waals surface area contributed by atoms with E-state index >= 15 is 0 Å². The van der Waals surface area contributed by atoms with Crippen LogP contribution < -0.4 is 0 Å². The molecule has 1 aliphatic heterocycles. The lowest BCUT2D eigenvalue weighted by Gasteiger charge is -2.30. The summed E-state index contributed by atoms with van der Waals surface area (Å²) in [5.41, 5.74) is 0.117. The van der Waals surface area contributed by atoms with Gasteiger partial charge >= 0.3 is 0 Å². The first-order valence-corrected chi connectivity index (χ1v) is 7.86. The Labute approximate surface area is 119 Å². The van der Waals surface area contributed by atoms with Crippen LogP contribution in [0.5, 0.6) is 0 Å². The van der Waals surface area contributed by atoms with E-state index in [0.29, 0.717) is 12.2 Å². The van der Waals surface area contributed by atoms with E-state index in [1.807, 2.05) is 6.92 Å². The first-order chi connectivity index (χ1) is 8.46. The second-order valence-electron chi connectivity index (χ2n) is 6.20. The van der Waals surface area contributed by atoms with Crippen LogP contribution in [0, 0.1) is 10.8 Å². The lowest BCUT2D eigenvalue weighted by atomic mass is 9.74. The molecule has 0 unspecified atom stereocenters. The summed E-state index contributed by atoms with van der Waals surface area (Å²) in [6, 6.07) is 0.0526. The molecule has 2 aliphatic carbocycles. The standard InChI is InChI=1S/C14H21Cl2NO/c1-3-11(18)10-8-13(9-17(10)4-2)12(6-5-7-12)14(13,15)16/h10H,3-9H2,1-2H3/t10-,13-/m0/s1. The maximum Gasteiger partial charge on any atom is 0.149 e. The molecule has 2 saturated carbocycles. The monoisotopic (exact) mass is 289 g/mol. The summed E-state index contributed by atoms with van der Waals surface area (Å²) in [5.74, 6) is 0.347. The lowest BCUT2D eigenvalue weighted by Crippen LogP contribution is -2.35. The van der Waals surface area contributed by atoms with Crippen molar-refractivity contribution in [3.8, 4) is 0 Å². The van der Waals surface area contributed by atoms with Crippen molar-refractivity contribution in [1.29, 1.82) is 0 Å². The normalized spacial score (nSPS) is 40.1. The van der Waals surface area contributed by atoms with E-state index in [-0.39, 0.29) is 16.9 Å². The summed E-state index contributed by atoms with van der Waals surface area (Å²) < 4.78 is -0.589. The van der Waals surface area contributed by atoms with Crippen LogP contribution in [0.3, 0.4) is 0 Å². The number of likely N-dealkylation sites (tertiary alicyclic amines) is 1. The van der Waals surface area contributed by atoms with Crippen molar-refractivity contribution in [2.75, 3.05) is 13.1 Å². The van der Waals surface area contributed by atoms with Gasteiger partial charge in [-0.25, -0.2) is 0 Å². The summed E-state index contributed by atoms with van der Waals surface area (Å²) in [4.78, 5) is 14.4. The number of nitrogens with zero attached hydrogens (tertiary/aromatic N) is 1. The Balaban J connectivity index is 1.87. The summed E-state index contributed by atoms with van der Waals surface area (Å²) in [5, 5.41) is 0. The quantitative estimate of drug-likeness (QED) is 0.742. The van der Waals surface area contributed by atoms with Gasteiger partial charge in [-0.3, -0.25) is 9.69 Å². The van der Waals surface area contributed by atoms with Gasteiger partial charge in [0.15, 0.2) is 0 Å². The molecule has 102 valence electrons. The summed E-state index contributed by atoms with van der Waals surface area (Å²) in [7, 11) is 0. The minimum absolute atomic E-state index is 0.00708. The number of halogens is 2. The highest BCUT2D eigenvalue weighted by Crippen LogP contribution is 2.87. The van der Waals surface area contributed by atoms with Crippen molar-refractivity contribution in [3.63, 3.8) is 0 Å². The van der Waals surface area contributed by atoms with Gasteiger partial charge < -0.3 is 0 Å². The van der Waals surface area contributed by atoms with Crippen LogP contribution in [0.25, 0.3) is 0 Å². The second kappa shape index (κ2) is 3.86. The summed E-state index contributed by atoms with van der Waals surface area (Å²) in [6.07, 6.45) is 5.01. The maximum absolute atomic E-state index is 12.1. The number of likely N-dealkylation sites (N-methyl/N-ethyl adjacent to an activating group) is 1. The fraction of sp³-hybridized carbons (Fsp3) is 0.929. The highest BCUT2D eigenvalue weighted by Gasteiger charge is 2.88. The molecule has 0 radical (unpaired) electrons.